The molecular formula is C13H16N4O. The minimum Gasteiger partial charge on any atom is -0.258 e. The van der Waals surface area contributed by atoms with Crippen LogP contribution in [0.3, 0.4) is 0 Å². The van der Waals surface area contributed by atoms with E-state index in [9.17, 15) is 4.91 Å². The van der Waals surface area contributed by atoms with Gasteiger partial charge in [0.05, 0.1) is 5.29 Å². The molecule has 0 aromatic carbocycles. The number of nitrogens with zero attached hydrogens (tertiary/aromatic N) is 3. The topological polar surface area (TPSA) is 66.7 Å². The van der Waals surface area contributed by atoms with Gasteiger partial charge in [0, 0.05) is 24.0 Å². The Balaban J connectivity index is 2.37. The van der Waals surface area contributed by atoms with Crippen LogP contribution in [0.4, 0.5) is 0 Å². The second-order valence-electron chi connectivity index (χ2n) is 3.46. The van der Waals surface area contributed by atoms with Crippen LogP contribution in [-0.2, 0) is 12.8 Å². The van der Waals surface area contributed by atoms with Gasteiger partial charge in [-0.2, -0.15) is 10.6 Å². The zero-order valence-corrected chi connectivity index (χ0v) is 10.3. The van der Waals surface area contributed by atoms with Gasteiger partial charge >= 0.3 is 0 Å². The molecule has 0 radical (unpaired) electrons. The van der Waals surface area contributed by atoms with Gasteiger partial charge in [-0.25, -0.2) is 0 Å². The summed E-state index contributed by atoms with van der Waals surface area (Å²) in [6.07, 6.45) is 10.6. The molecule has 5 heteroatoms. The fourth-order valence-corrected chi connectivity index (χ4v) is 1.32. The summed E-state index contributed by atoms with van der Waals surface area (Å²) in [5, 5.41) is 5.85. The Hall–Kier alpha value is -2.30. The lowest BCUT2D eigenvalue weighted by atomic mass is 10.2. The highest BCUT2D eigenvalue weighted by atomic mass is 16.3. The van der Waals surface area contributed by atoms with E-state index < -0.39 is 0 Å². The summed E-state index contributed by atoms with van der Waals surface area (Å²) >= 11 is 0. The molecule has 1 heterocycles. The molecule has 0 aliphatic heterocycles. The van der Waals surface area contributed by atoms with E-state index in [2.05, 4.69) is 22.3 Å². The van der Waals surface area contributed by atoms with Gasteiger partial charge in [-0.1, -0.05) is 31.2 Å². The molecule has 1 rings (SSSR count). The van der Waals surface area contributed by atoms with E-state index in [-0.39, 0.29) is 0 Å². The van der Waals surface area contributed by atoms with Crippen molar-refractivity contribution in [3.63, 3.8) is 0 Å². The fraction of sp³-hybridized carbons (Fsp3) is 0.231. The zero-order valence-electron chi connectivity index (χ0n) is 10.3. The third kappa shape index (κ3) is 5.69. The zero-order chi connectivity index (χ0) is 13.1. The smallest absolute Gasteiger partial charge is 0.0722 e. The summed E-state index contributed by atoms with van der Waals surface area (Å²) in [4.78, 5) is 14.1. The molecule has 0 amide bonds. The maximum Gasteiger partial charge on any atom is 0.0722 e. The number of rotatable bonds is 7. The molecular weight excluding hydrogens is 228 g/mol. The van der Waals surface area contributed by atoms with Gasteiger partial charge in [0.25, 0.3) is 0 Å². The molecule has 94 valence electrons. The summed E-state index contributed by atoms with van der Waals surface area (Å²) in [6, 6.07) is 6.06. The molecule has 0 unspecified atom stereocenters. The Bertz CT molecular complexity index is 452. The third-order valence-corrected chi connectivity index (χ3v) is 2.17. The number of hydrogen-bond donors (Lipinski definition) is 1. The van der Waals surface area contributed by atoms with Gasteiger partial charge in [0.1, 0.15) is 0 Å². The first-order valence-corrected chi connectivity index (χ1v) is 5.74. The van der Waals surface area contributed by atoms with Crippen molar-refractivity contribution in [1.29, 1.82) is 0 Å². The number of nitroso groups, excluding NO2 is 1. The summed E-state index contributed by atoms with van der Waals surface area (Å²) in [5.41, 5.74) is 4.09. The van der Waals surface area contributed by atoms with Gasteiger partial charge in [-0.15, -0.1) is 4.91 Å². The molecule has 1 aromatic heterocycles. The van der Waals surface area contributed by atoms with E-state index in [0.717, 1.165) is 24.2 Å². The first kappa shape index (κ1) is 13.8. The van der Waals surface area contributed by atoms with Crippen molar-refractivity contribution >= 4 is 6.21 Å². The second-order valence-corrected chi connectivity index (χ2v) is 3.46. The number of nitrogens with one attached hydrogen (secondary N) is 1. The number of aryl methyl sites for hydroxylation is 1. The molecule has 0 fully saturated rings. The Kier molecular flexibility index (Phi) is 6.73. The molecule has 0 spiro atoms. The number of allylic oxidation sites excluding steroid dienone is 4. The number of aromatic nitrogens is 1. The quantitative estimate of drug-likeness (QED) is 0.347. The summed E-state index contributed by atoms with van der Waals surface area (Å²) in [5.74, 6) is 0. The predicted octanol–water partition coefficient (Wildman–Crippen LogP) is 2.56. The van der Waals surface area contributed by atoms with Gasteiger partial charge in [0.15, 0.2) is 0 Å². The van der Waals surface area contributed by atoms with E-state index in [1.165, 1.54) is 6.21 Å². The van der Waals surface area contributed by atoms with Crippen LogP contribution in [0.15, 0.2) is 52.9 Å². The molecule has 5 nitrogen and oxygen atoms in total. The molecule has 0 aliphatic carbocycles. The van der Waals surface area contributed by atoms with Crippen LogP contribution >= 0.6 is 0 Å². The maximum atomic E-state index is 9.63. The van der Waals surface area contributed by atoms with Crippen LogP contribution in [0.2, 0.25) is 0 Å². The van der Waals surface area contributed by atoms with Crippen LogP contribution in [0.1, 0.15) is 18.3 Å². The molecule has 0 saturated carbocycles. The minimum atomic E-state index is 0.795. The van der Waals surface area contributed by atoms with Crippen LogP contribution in [0, 0.1) is 4.91 Å². The molecule has 0 saturated heterocycles. The SMILES string of the molecule is CCc1cccc(C/C=C/C=C/C=N/NN=O)n1. The van der Waals surface area contributed by atoms with Crippen molar-refractivity contribution < 1.29 is 0 Å². The molecule has 1 aromatic rings. The van der Waals surface area contributed by atoms with Crippen LogP contribution < -0.4 is 5.53 Å². The molecule has 0 aliphatic rings. The summed E-state index contributed by atoms with van der Waals surface area (Å²) < 4.78 is 0. The maximum absolute atomic E-state index is 9.63. The fourth-order valence-electron chi connectivity index (χ4n) is 1.32. The second kappa shape index (κ2) is 8.81. The minimum absolute atomic E-state index is 0.795. The predicted molar refractivity (Wildman–Crippen MR) is 73.0 cm³/mol. The summed E-state index contributed by atoms with van der Waals surface area (Å²) in [7, 11) is 0. The van der Waals surface area contributed by atoms with Crippen molar-refractivity contribution in [2.75, 3.05) is 0 Å². The van der Waals surface area contributed by atoms with Crippen molar-refractivity contribution in [1.82, 2.24) is 10.5 Å². The molecule has 0 atom stereocenters. The highest BCUT2D eigenvalue weighted by molar-refractivity contribution is 5.71. The Morgan fingerprint density at radius 2 is 2.11 bits per heavy atom. The Labute approximate surface area is 106 Å². The molecule has 1 N–H and O–H groups in total. The van der Waals surface area contributed by atoms with E-state index in [4.69, 9.17) is 0 Å². The number of pyridine rings is 1. The van der Waals surface area contributed by atoms with Gasteiger partial charge in [-0.05, 0) is 24.6 Å². The number of hydrazone groups is 1. The van der Waals surface area contributed by atoms with Crippen molar-refractivity contribution in [2.24, 2.45) is 10.4 Å². The van der Waals surface area contributed by atoms with Gasteiger partial charge in [0.2, 0.25) is 0 Å². The van der Waals surface area contributed by atoms with E-state index in [1.54, 1.807) is 6.08 Å². The lowest BCUT2D eigenvalue weighted by molar-refractivity contribution is 0.804. The highest BCUT2D eigenvalue weighted by Gasteiger charge is 1.92. The first-order valence-electron chi connectivity index (χ1n) is 5.74. The monoisotopic (exact) mass is 244 g/mol. The third-order valence-electron chi connectivity index (χ3n) is 2.17. The average molecular weight is 244 g/mol. The van der Waals surface area contributed by atoms with E-state index in [0.29, 0.717) is 0 Å². The summed E-state index contributed by atoms with van der Waals surface area (Å²) in [6.45, 7) is 2.09. The lowest BCUT2D eigenvalue weighted by Crippen LogP contribution is -1.92. The van der Waals surface area contributed by atoms with Crippen molar-refractivity contribution in [3.8, 4) is 0 Å². The lowest BCUT2D eigenvalue weighted by Gasteiger charge is -1.98. The Morgan fingerprint density at radius 1 is 1.28 bits per heavy atom. The normalized spacial score (nSPS) is 11.6. The van der Waals surface area contributed by atoms with Gasteiger partial charge < -0.3 is 0 Å². The highest BCUT2D eigenvalue weighted by Crippen LogP contribution is 2.01. The first-order chi connectivity index (χ1) is 8.86. The van der Waals surface area contributed by atoms with Crippen LogP contribution in [0.25, 0.3) is 0 Å². The largest absolute Gasteiger partial charge is 0.258 e. The number of hydrogen-bond acceptors (Lipinski definition) is 4. The van der Waals surface area contributed by atoms with Crippen LogP contribution in [-0.4, -0.2) is 11.2 Å². The van der Waals surface area contributed by atoms with Crippen molar-refractivity contribution in [3.05, 3.63) is 58.8 Å². The van der Waals surface area contributed by atoms with Crippen molar-refractivity contribution in [2.45, 2.75) is 19.8 Å². The van der Waals surface area contributed by atoms with Gasteiger partial charge in [-0.3, -0.25) is 4.98 Å². The standard InChI is InChI=1S/C13H16N4O/c1-2-12-9-7-10-13(15-12)8-5-3-4-6-11-14-16-17-18/h3-7,9-11H,2,8H2,1H3,(H,16,18)/b5-3+,6-4+,14-11+. The van der Waals surface area contributed by atoms with Crippen LogP contribution in [0.5, 0.6) is 0 Å². The average Bonchev–Trinajstić information content (AvgIpc) is 2.42. The van der Waals surface area contributed by atoms with E-state index in [1.807, 2.05) is 42.0 Å². The van der Waals surface area contributed by atoms with E-state index >= 15 is 0 Å². The molecule has 18 heavy (non-hydrogen) atoms. The molecule has 0 bridgehead atoms. The Morgan fingerprint density at radius 3 is 2.89 bits per heavy atom.